The van der Waals surface area contributed by atoms with Gasteiger partial charge in [-0.2, -0.15) is 0 Å². The zero-order valence-electron chi connectivity index (χ0n) is 10.7. The molecule has 1 aromatic rings. The third-order valence-corrected chi connectivity index (χ3v) is 3.97. The molecule has 1 aromatic carbocycles. The molecule has 0 aromatic heterocycles. The highest BCUT2D eigenvalue weighted by Crippen LogP contribution is 2.27. The number of ether oxygens (including phenoxy) is 1. The van der Waals surface area contributed by atoms with E-state index in [0.717, 1.165) is 12.5 Å². The van der Waals surface area contributed by atoms with E-state index in [-0.39, 0.29) is 0 Å². The van der Waals surface area contributed by atoms with Crippen molar-refractivity contribution in [1.29, 1.82) is 0 Å². The zero-order valence-corrected chi connectivity index (χ0v) is 12.2. The molecule has 0 aliphatic carbocycles. The summed E-state index contributed by atoms with van der Waals surface area (Å²) in [5.41, 5.74) is 0. The molecule has 2 rings (SSSR count). The molecule has 18 heavy (non-hydrogen) atoms. The summed E-state index contributed by atoms with van der Waals surface area (Å²) in [6.07, 6.45) is 2.59. The van der Waals surface area contributed by atoms with Crippen LogP contribution in [0.2, 0.25) is 10.0 Å². The molecule has 2 nitrogen and oxygen atoms in total. The molecule has 0 bridgehead atoms. The maximum Gasteiger partial charge on any atom is 0.138 e. The lowest BCUT2D eigenvalue weighted by Gasteiger charge is -2.29. The van der Waals surface area contributed by atoms with Crippen LogP contribution in [0.1, 0.15) is 19.8 Å². The Balaban J connectivity index is 1.75. The van der Waals surface area contributed by atoms with Crippen molar-refractivity contribution in [3.63, 3.8) is 0 Å². The predicted molar refractivity (Wildman–Crippen MR) is 76.8 cm³/mol. The molecule has 1 aliphatic rings. The molecule has 100 valence electrons. The standard InChI is InChI=1S/C14H19Cl2NO/c1-11-4-6-17(7-5-11)8-9-18-14-3-2-12(15)10-13(14)16/h2-3,10-11H,4-9H2,1H3. The third kappa shape index (κ3) is 4.04. The normalized spacial score (nSPS) is 17.9. The Morgan fingerprint density at radius 2 is 2.00 bits per heavy atom. The molecule has 1 fully saturated rings. The van der Waals surface area contributed by atoms with E-state index in [1.54, 1.807) is 12.1 Å². The van der Waals surface area contributed by atoms with Crippen LogP contribution in [0, 0.1) is 5.92 Å². The fourth-order valence-corrected chi connectivity index (χ4v) is 2.63. The molecule has 0 N–H and O–H groups in total. The molecule has 0 spiro atoms. The number of nitrogens with zero attached hydrogens (tertiary/aromatic N) is 1. The molecule has 4 heteroatoms. The topological polar surface area (TPSA) is 12.5 Å². The minimum absolute atomic E-state index is 0.578. The van der Waals surface area contributed by atoms with Crippen LogP contribution in [0.5, 0.6) is 5.75 Å². The van der Waals surface area contributed by atoms with Gasteiger partial charge in [-0.25, -0.2) is 0 Å². The first-order valence-corrected chi connectivity index (χ1v) is 7.21. The lowest BCUT2D eigenvalue weighted by molar-refractivity contribution is 0.160. The third-order valence-electron chi connectivity index (χ3n) is 3.44. The quantitative estimate of drug-likeness (QED) is 0.827. The molecule has 0 amide bonds. The van der Waals surface area contributed by atoms with Gasteiger partial charge in [-0.3, -0.25) is 4.90 Å². The first-order chi connectivity index (χ1) is 8.65. The molecule has 0 unspecified atom stereocenters. The Morgan fingerprint density at radius 3 is 2.67 bits per heavy atom. The maximum atomic E-state index is 6.05. The number of piperidine rings is 1. The maximum absolute atomic E-state index is 6.05. The van der Waals surface area contributed by atoms with Crippen molar-refractivity contribution < 1.29 is 4.74 Å². The Bertz CT molecular complexity index is 389. The van der Waals surface area contributed by atoms with Crippen molar-refractivity contribution in [3.8, 4) is 5.75 Å². The van der Waals surface area contributed by atoms with Gasteiger partial charge in [0.2, 0.25) is 0 Å². The molecule has 1 heterocycles. The summed E-state index contributed by atoms with van der Waals surface area (Å²) in [6.45, 7) is 6.32. The number of hydrogen-bond acceptors (Lipinski definition) is 2. The van der Waals surface area contributed by atoms with Crippen LogP contribution in [-0.2, 0) is 0 Å². The Kier molecular flexibility index (Phi) is 5.16. The second kappa shape index (κ2) is 6.65. The number of hydrogen-bond donors (Lipinski definition) is 0. The van der Waals surface area contributed by atoms with Crippen molar-refractivity contribution in [3.05, 3.63) is 28.2 Å². The molecular weight excluding hydrogens is 269 g/mol. The van der Waals surface area contributed by atoms with Gasteiger partial charge in [0.15, 0.2) is 0 Å². The lowest BCUT2D eigenvalue weighted by atomic mass is 9.99. The fourth-order valence-electron chi connectivity index (χ4n) is 2.16. The minimum Gasteiger partial charge on any atom is -0.491 e. The van der Waals surface area contributed by atoms with E-state index in [0.29, 0.717) is 22.4 Å². The van der Waals surface area contributed by atoms with Crippen LogP contribution in [0.15, 0.2) is 18.2 Å². The molecule has 0 radical (unpaired) electrons. The van der Waals surface area contributed by atoms with Crippen LogP contribution in [0.25, 0.3) is 0 Å². The largest absolute Gasteiger partial charge is 0.491 e. The average molecular weight is 288 g/mol. The zero-order chi connectivity index (χ0) is 13.0. The van der Waals surface area contributed by atoms with Crippen molar-refractivity contribution in [2.75, 3.05) is 26.2 Å². The minimum atomic E-state index is 0.578. The van der Waals surface area contributed by atoms with E-state index in [9.17, 15) is 0 Å². The first kappa shape index (κ1) is 14.0. The number of likely N-dealkylation sites (tertiary alicyclic amines) is 1. The van der Waals surface area contributed by atoms with Crippen LogP contribution in [0.3, 0.4) is 0 Å². The lowest BCUT2D eigenvalue weighted by Crippen LogP contribution is -2.35. The van der Waals surface area contributed by atoms with Gasteiger partial charge in [0.1, 0.15) is 12.4 Å². The Labute approximate surface area is 119 Å². The van der Waals surface area contributed by atoms with Crippen molar-refractivity contribution >= 4 is 23.2 Å². The molecular formula is C14H19Cl2NO. The van der Waals surface area contributed by atoms with Gasteiger partial charge in [-0.1, -0.05) is 30.1 Å². The molecule has 1 saturated heterocycles. The molecule has 0 saturated carbocycles. The first-order valence-electron chi connectivity index (χ1n) is 6.45. The van der Waals surface area contributed by atoms with Crippen LogP contribution < -0.4 is 4.74 Å². The van der Waals surface area contributed by atoms with Gasteiger partial charge in [0.05, 0.1) is 5.02 Å². The number of halogens is 2. The van der Waals surface area contributed by atoms with Gasteiger partial charge < -0.3 is 4.74 Å². The summed E-state index contributed by atoms with van der Waals surface area (Å²) >= 11 is 11.9. The van der Waals surface area contributed by atoms with Gasteiger partial charge in [-0.15, -0.1) is 0 Å². The van der Waals surface area contributed by atoms with Crippen molar-refractivity contribution in [2.45, 2.75) is 19.8 Å². The highest BCUT2D eigenvalue weighted by molar-refractivity contribution is 6.35. The smallest absolute Gasteiger partial charge is 0.138 e. The van der Waals surface area contributed by atoms with Gasteiger partial charge in [0.25, 0.3) is 0 Å². The van der Waals surface area contributed by atoms with E-state index >= 15 is 0 Å². The molecule has 0 atom stereocenters. The van der Waals surface area contributed by atoms with E-state index in [4.69, 9.17) is 27.9 Å². The number of benzene rings is 1. The molecule has 1 aliphatic heterocycles. The summed E-state index contributed by atoms with van der Waals surface area (Å²) in [7, 11) is 0. The van der Waals surface area contributed by atoms with Crippen molar-refractivity contribution in [2.24, 2.45) is 5.92 Å². The van der Waals surface area contributed by atoms with Gasteiger partial charge in [-0.05, 0) is 50.0 Å². The summed E-state index contributed by atoms with van der Waals surface area (Å²) in [5.74, 6) is 1.58. The SMILES string of the molecule is CC1CCN(CCOc2ccc(Cl)cc2Cl)CC1. The predicted octanol–water partition coefficient (Wildman–Crippen LogP) is 4.10. The van der Waals surface area contributed by atoms with E-state index in [1.807, 2.05) is 6.07 Å². The monoisotopic (exact) mass is 287 g/mol. The number of rotatable bonds is 4. The summed E-state index contributed by atoms with van der Waals surface area (Å²) in [5, 5.41) is 1.21. The summed E-state index contributed by atoms with van der Waals surface area (Å²) in [4.78, 5) is 2.45. The van der Waals surface area contributed by atoms with Crippen LogP contribution in [-0.4, -0.2) is 31.1 Å². The van der Waals surface area contributed by atoms with E-state index in [1.165, 1.54) is 25.9 Å². The second-order valence-corrected chi connectivity index (χ2v) is 5.79. The van der Waals surface area contributed by atoms with Crippen LogP contribution >= 0.6 is 23.2 Å². The van der Waals surface area contributed by atoms with Gasteiger partial charge in [0, 0.05) is 11.6 Å². The summed E-state index contributed by atoms with van der Waals surface area (Å²) < 4.78 is 5.69. The Morgan fingerprint density at radius 1 is 1.28 bits per heavy atom. The van der Waals surface area contributed by atoms with E-state index in [2.05, 4.69) is 11.8 Å². The van der Waals surface area contributed by atoms with E-state index < -0.39 is 0 Å². The van der Waals surface area contributed by atoms with Gasteiger partial charge >= 0.3 is 0 Å². The Hall–Kier alpha value is -0.440. The average Bonchev–Trinajstić information content (AvgIpc) is 2.34. The highest BCUT2D eigenvalue weighted by Gasteiger charge is 2.15. The fraction of sp³-hybridized carbons (Fsp3) is 0.571. The second-order valence-electron chi connectivity index (χ2n) is 4.95. The van der Waals surface area contributed by atoms with Crippen LogP contribution in [0.4, 0.5) is 0 Å². The van der Waals surface area contributed by atoms with Crippen molar-refractivity contribution in [1.82, 2.24) is 4.90 Å². The summed E-state index contributed by atoms with van der Waals surface area (Å²) in [6, 6.07) is 5.33. The highest BCUT2D eigenvalue weighted by atomic mass is 35.5.